The van der Waals surface area contributed by atoms with E-state index < -0.39 is 0 Å². The summed E-state index contributed by atoms with van der Waals surface area (Å²) in [5, 5.41) is 3.38. The molecule has 310 valence electrons. The SMILES string of the molecule is c1ccc(-c2ccc(-c3ccc(N(c4ccccc4)c4cccc(-n5c6ccccc6c6ccc(-c7nc(-c8ccc(-c9ccccc9)cc8)c8ccccc8n7)cc65)c4)cc3)cc2)cc1. The standard InChI is InChI=1S/C62H42N4/c1-4-15-43(16-5-1)45-27-29-47(30-28-45)48-35-38-52(39-36-48)65(51-19-8-3-9-20-51)53-21-14-22-54(42-53)66-59-26-13-11-23-55(59)56-40-37-50(41-60(56)66)62-63-58-25-12-10-24-57(58)61(64-62)49-33-31-46(32-34-49)44-17-6-2-7-18-44/h1-42H. The lowest BCUT2D eigenvalue weighted by Crippen LogP contribution is -2.10. The minimum atomic E-state index is 0.689. The zero-order chi connectivity index (χ0) is 43.8. The van der Waals surface area contributed by atoms with E-state index in [1.807, 2.05) is 12.1 Å². The number of aromatic nitrogens is 3. The van der Waals surface area contributed by atoms with Crippen molar-refractivity contribution in [1.29, 1.82) is 0 Å². The average molecular weight is 843 g/mol. The summed E-state index contributed by atoms with van der Waals surface area (Å²) >= 11 is 0. The number of anilines is 3. The van der Waals surface area contributed by atoms with Gasteiger partial charge in [-0.05, 0) is 94.0 Å². The molecule has 0 radical (unpaired) electrons. The van der Waals surface area contributed by atoms with Gasteiger partial charge in [0.1, 0.15) is 0 Å². The van der Waals surface area contributed by atoms with Crippen LogP contribution in [-0.2, 0) is 0 Å². The highest BCUT2D eigenvalue weighted by molar-refractivity contribution is 6.10. The smallest absolute Gasteiger partial charge is 0.160 e. The number of fused-ring (bicyclic) bond motifs is 4. The van der Waals surface area contributed by atoms with Crippen molar-refractivity contribution in [3.63, 3.8) is 0 Å². The van der Waals surface area contributed by atoms with Crippen molar-refractivity contribution < 1.29 is 0 Å². The van der Waals surface area contributed by atoms with Crippen LogP contribution in [0.1, 0.15) is 0 Å². The van der Waals surface area contributed by atoms with E-state index >= 15 is 0 Å². The molecular formula is C62H42N4. The lowest BCUT2D eigenvalue weighted by atomic mass is 10.00. The van der Waals surface area contributed by atoms with Gasteiger partial charge in [0.2, 0.25) is 0 Å². The second-order valence-corrected chi connectivity index (χ2v) is 16.6. The first-order valence-electron chi connectivity index (χ1n) is 22.4. The molecule has 0 fully saturated rings. The van der Waals surface area contributed by atoms with E-state index in [1.54, 1.807) is 0 Å². The molecule has 2 aromatic heterocycles. The minimum absolute atomic E-state index is 0.689. The summed E-state index contributed by atoms with van der Waals surface area (Å²) in [6.07, 6.45) is 0. The Bertz CT molecular complexity index is 3660. The highest BCUT2D eigenvalue weighted by atomic mass is 15.1. The third-order valence-electron chi connectivity index (χ3n) is 12.6. The van der Waals surface area contributed by atoms with Gasteiger partial charge in [-0.3, -0.25) is 0 Å². The van der Waals surface area contributed by atoms with Gasteiger partial charge in [0.05, 0.1) is 22.2 Å². The molecule has 0 spiro atoms. The Kier molecular flexibility index (Phi) is 9.81. The normalized spacial score (nSPS) is 11.3. The van der Waals surface area contributed by atoms with E-state index in [1.165, 1.54) is 44.2 Å². The van der Waals surface area contributed by atoms with Gasteiger partial charge in [0.15, 0.2) is 5.82 Å². The summed E-state index contributed by atoms with van der Waals surface area (Å²) in [6.45, 7) is 0. The molecule has 0 aliphatic heterocycles. The summed E-state index contributed by atoms with van der Waals surface area (Å²) < 4.78 is 2.38. The predicted molar refractivity (Wildman–Crippen MR) is 276 cm³/mol. The highest BCUT2D eigenvalue weighted by Gasteiger charge is 2.19. The van der Waals surface area contributed by atoms with Crippen LogP contribution in [0.25, 0.3) is 94.4 Å². The second kappa shape index (κ2) is 16.7. The molecule has 0 atom stereocenters. The third kappa shape index (κ3) is 7.17. The Balaban J connectivity index is 0.942. The van der Waals surface area contributed by atoms with Gasteiger partial charge in [0.25, 0.3) is 0 Å². The average Bonchev–Trinajstić information content (AvgIpc) is 3.73. The van der Waals surface area contributed by atoms with E-state index in [2.05, 4.69) is 252 Å². The number of rotatable bonds is 9. The molecule has 2 heterocycles. The summed E-state index contributed by atoms with van der Waals surface area (Å²) in [7, 11) is 0. The van der Waals surface area contributed by atoms with Crippen LogP contribution < -0.4 is 4.90 Å². The lowest BCUT2D eigenvalue weighted by molar-refractivity contribution is 1.17. The Morgan fingerprint density at radius 3 is 1.41 bits per heavy atom. The zero-order valence-corrected chi connectivity index (χ0v) is 36.0. The molecule has 4 nitrogen and oxygen atoms in total. The lowest BCUT2D eigenvalue weighted by Gasteiger charge is -2.26. The number of nitrogens with zero attached hydrogens (tertiary/aromatic N) is 4. The third-order valence-corrected chi connectivity index (χ3v) is 12.6. The van der Waals surface area contributed by atoms with E-state index in [-0.39, 0.29) is 0 Å². The van der Waals surface area contributed by atoms with Gasteiger partial charge < -0.3 is 9.47 Å². The van der Waals surface area contributed by atoms with Crippen molar-refractivity contribution in [1.82, 2.24) is 14.5 Å². The largest absolute Gasteiger partial charge is 0.310 e. The van der Waals surface area contributed by atoms with Crippen LogP contribution in [0.2, 0.25) is 0 Å². The highest BCUT2D eigenvalue weighted by Crippen LogP contribution is 2.40. The Morgan fingerprint density at radius 2 is 0.758 bits per heavy atom. The van der Waals surface area contributed by atoms with Crippen LogP contribution in [0.4, 0.5) is 17.1 Å². The fourth-order valence-corrected chi connectivity index (χ4v) is 9.35. The topological polar surface area (TPSA) is 34.0 Å². The molecule has 0 aliphatic rings. The van der Waals surface area contributed by atoms with Gasteiger partial charge in [-0.2, -0.15) is 0 Å². The fraction of sp³-hybridized carbons (Fsp3) is 0. The van der Waals surface area contributed by atoms with Gasteiger partial charge in [-0.1, -0.05) is 194 Å². The molecular weight excluding hydrogens is 801 g/mol. The molecule has 0 bridgehead atoms. The van der Waals surface area contributed by atoms with E-state index in [0.717, 1.165) is 61.5 Å². The molecule has 12 aromatic rings. The van der Waals surface area contributed by atoms with E-state index in [4.69, 9.17) is 9.97 Å². The first-order chi connectivity index (χ1) is 32.7. The van der Waals surface area contributed by atoms with Crippen molar-refractivity contribution in [3.05, 3.63) is 255 Å². The van der Waals surface area contributed by atoms with Crippen molar-refractivity contribution in [3.8, 4) is 61.7 Å². The molecule has 0 N–H and O–H groups in total. The Labute approximate surface area is 384 Å². The van der Waals surface area contributed by atoms with Crippen LogP contribution in [0, 0.1) is 0 Å². The quantitative estimate of drug-likeness (QED) is 0.145. The van der Waals surface area contributed by atoms with Crippen molar-refractivity contribution >= 4 is 49.8 Å². The number of benzene rings is 10. The molecule has 0 unspecified atom stereocenters. The second-order valence-electron chi connectivity index (χ2n) is 16.6. The zero-order valence-electron chi connectivity index (χ0n) is 36.0. The molecule has 66 heavy (non-hydrogen) atoms. The summed E-state index contributed by atoms with van der Waals surface area (Å²) in [5.41, 5.74) is 17.5. The van der Waals surface area contributed by atoms with Crippen molar-refractivity contribution in [2.45, 2.75) is 0 Å². The molecule has 0 aliphatic carbocycles. The van der Waals surface area contributed by atoms with Crippen LogP contribution in [0.15, 0.2) is 255 Å². The first kappa shape index (κ1) is 38.8. The van der Waals surface area contributed by atoms with Crippen LogP contribution in [-0.4, -0.2) is 14.5 Å². The molecule has 4 heteroatoms. The monoisotopic (exact) mass is 842 g/mol. The van der Waals surface area contributed by atoms with Gasteiger partial charge in [0, 0.05) is 50.0 Å². The van der Waals surface area contributed by atoms with E-state index in [9.17, 15) is 0 Å². The Morgan fingerprint density at radius 1 is 0.288 bits per heavy atom. The maximum Gasteiger partial charge on any atom is 0.160 e. The maximum absolute atomic E-state index is 5.33. The predicted octanol–water partition coefficient (Wildman–Crippen LogP) is 16.5. The number of hydrogen-bond donors (Lipinski definition) is 0. The maximum atomic E-state index is 5.33. The van der Waals surface area contributed by atoms with Gasteiger partial charge in [-0.15, -0.1) is 0 Å². The summed E-state index contributed by atoms with van der Waals surface area (Å²) in [5.74, 6) is 0.689. The Hall–Kier alpha value is -8.86. The summed E-state index contributed by atoms with van der Waals surface area (Å²) in [4.78, 5) is 12.8. The molecule has 10 aromatic carbocycles. The van der Waals surface area contributed by atoms with Crippen molar-refractivity contribution in [2.24, 2.45) is 0 Å². The first-order valence-corrected chi connectivity index (χ1v) is 22.4. The van der Waals surface area contributed by atoms with Crippen LogP contribution in [0.5, 0.6) is 0 Å². The van der Waals surface area contributed by atoms with Crippen LogP contribution in [0.3, 0.4) is 0 Å². The van der Waals surface area contributed by atoms with Gasteiger partial charge >= 0.3 is 0 Å². The fourth-order valence-electron chi connectivity index (χ4n) is 9.35. The van der Waals surface area contributed by atoms with Gasteiger partial charge in [-0.25, -0.2) is 9.97 Å². The molecule has 0 amide bonds. The molecule has 0 saturated carbocycles. The van der Waals surface area contributed by atoms with Crippen molar-refractivity contribution in [2.75, 3.05) is 4.90 Å². The number of hydrogen-bond acceptors (Lipinski definition) is 3. The molecule has 0 saturated heterocycles. The van der Waals surface area contributed by atoms with Crippen LogP contribution >= 0.6 is 0 Å². The minimum Gasteiger partial charge on any atom is -0.310 e. The number of para-hydroxylation sites is 3. The molecule has 12 rings (SSSR count). The van der Waals surface area contributed by atoms with E-state index in [0.29, 0.717) is 5.82 Å². The summed E-state index contributed by atoms with van der Waals surface area (Å²) in [6, 6.07) is 90.6.